The smallest absolute Gasteiger partial charge is 0.250 e. The summed E-state index contributed by atoms with van der Waals surface area (Å²) in [4.78, 5) is 24.5. The summed E-state index contributed by atoms with van der Waals surface area (Å²) in [5.74, 6) is -2.31. The van der Waals surface area contributed by atoms with Crippen molar-refractivity contribution in [2.24, 2.45) is 5.73 Å². The summed E-state index contributed by atoms with van der Waals surface area (Å²) in [5.41, 5.74) is 8.03. The van der Waals surface area contributed by atoms with E-state index >= 15 is 0 Å². The summed E-state index contributed by atoms with van der Waals surface area (Å²) in [6.45, 7) is 3.32. The SMILES string of the molecule is Cc1cc(-c2cc(C(N)=O)c3nc(C)n(-c4ccnc5c(F)ccc(F)c45)c3c2)cc(F)n1. The minimum Gasteiger partial charge on any atom is -0.366 e. The number of aryl methyl sites for hydroxylation is 2. The predicted molar refractivity (Wildman–Crippen MR) is 117 cm³/mol. The Morgan fingerprint density at radius 2 is 1.64 bits per heavy atom. The van der Waals surface area contributed by atoms with Crippen LogP contribution in [-0.2, 0) is 0 Å². The maximum atomic E-state index is 14.8. The highest BCUT2D eigenvalue weighted by molar-refractivity contribution is 6.07. The summed E-state index contributed by atoms with van der Waals surface area (Å²) in [7, 11) is 0. The number of hydrogen-bond donors (Lipinski definition) is 1. The van der Waals surface area contributed by atoms with Crippen LogP contribution in [0.5, 0.6) is 0 Å². The Balaban J connectivity index is 1.90. The van der Waals surface area contributed by atoms with Gasteiger partial charge in [0.25, 0.3) is 5.91 Å². The molecule has 2 N–H and O–H groups in total. The second kappa shape index (κ2) is 7.40. The molecule has 33 heavy (non-hydrogen) atoms. The van der Waals surface area contributed by atoms with E-state index in [1.165, 1.54) is 24.4 Å². The molecule has 0 aliphatic heterocycles. The minimum atomic E-state index is -0.727. The lowest BCUT2D eigenvalue weighted by Crippen LogP contribution is -2.12. The van der Waals surface area contributed by atoms with E-state index in [0.29, 0.717) is 33.8 Å². The van der Waals surface area contributed by atoms with Crippen LogP contribution in [0.2, 0.25) is 0 Å². The molecule has 5 aromatic rings. The van der Waals surface area contributed by atoms with Crippen molar-refractivity contribution < 1.29 is 18.0 Å². The van der Waals surface area contributed by atoms with E-state index in [0.717, 1.165) is 12.1 Å². The second-order valence-corrected chi connectivity index (χ2v) is 7.65. The van der Waals surface area contributed by atoms with Gasteiger partial charge in [-0.2, -0.15) is 4.39 Å². The van der Waals surface area contributed by atoms with Crippen LogP contribution in [0.15, 0.2) is 48.7 Å². The number of pyridine rings is 2. The summed E-state index contributed by atoms with van der Waals surface area (Å²) >= 11 is 0. The molecule has 2 aromatic carbocycles. The Morgan fingerprint density at radius 1 is 0.909 bits per heavy atom. The highest BCUT2D eigenvalue weighted by Gasteiger charge is 2.21. The third-order valence-corrected chi connectivity index (χ3v) is 5.46. The largest absolute Gasteiger partial charge is 0.366 e. The fourth-order valence-corrected chi connectivity index (χ4v) is 4.11. The van der Waals surface area contributed by atoms with Gasteiger partial charge in [-0.15, -0.1) is 0 Å². The Kier molecular flexibility index (Phi) is 4.63. The number of hydrogen-bond acceptors (Lipinski definition) is 4. The molecule has 9 heteroatoms. The number of aromatic nitrogens is 4. The van der Waals surface area contributed by atoms with E-state index in [4.69, 9.17) is 5.73 Å². The predicted octanol–water partition coefficient (Wildman–Crippen LogP) is 4.77. The van der Waals surface area contributed by atoms with E-state index < -0.39 is 23.5 Å². The number of nitrogens with two attached hydrogens (primary N) is 1. The average Bonchev–Trinajstić information content (AvgIpc) is 3.10. The van der Waals surface area contributed by atoms with Gasteiger partial charge in [0.15, 0.2) is 0 Å². The van der Waals surface area contributed by atoms with Crippen molar-refractivity contribution in [1.82, 2.24) is 19.5 Å². The lowest BCUT2D eigenvalue weighted by atomic mass is 10.0. The van der Waals surface area contributed by atoms with E-state index in [9.17, 15) is 18.0 Å². The van der Waals surface area contributed by atoms with Crippen LogP contribution in [0.3, 0.4) is 0 Å². The second-order valence-electron chi connectivity index (χ2n) is 7.65. The van der Waals surface area contributed by atoms with Crippen LogP contribution >= 0.6 is 0 Å². The van der Waals surface area contributed by atoms with Gasteiger partial charge in [-0.3, -0.25) is 14.3 Å². The van der Waals surface area contributed by atoms with E-state index in [-0.39, 0.29) is 22.0 Å². The molecular weight excluding hydrogens is 431 g/mol. The molecule has 0 aliphatic carbocycles. The first-order chi connectivity index (χ1) is 15.7. The summed E-state index contributed by atoms with van der Waals surface area (Å²) < 4.78 is 44.8. The van der Waals surface area contributed by atoms with Crippen LogP contribution in [0.4, 0.5) is 13.2 Å². The van der Waals surface area contributed by atoms with Crippen molar-refractivity contribution in [2.45, 2.75) is 13.8 Å². The number of rotatable bonds is 3. The van der Waals surface area contributed by atoms with Gasteiger partial charge in [0.2, 0.25) is 5.95 Å². The normalized spacial score (nSPS) is 11.4. The molecule has 0 bridgehead atoms. The molecule has 3 heterocycles. The monoisotopic (exact) mass is 447 g/mol. The molecule has 0 saturated heterocycles. The zero-order chi connectivity index (χ0) is 23.4. The zero-order valence-corrected chi connectivity index (χ0v) is 17.5. The number of carbonyl (C=O) groups is 1. The molecule has 0 atom stereocenters. The van der Waals surface area contributed by atoms with Crippen molar-refractivity contribution in [1.29, 1.82) is 0 Å². The first kappa shape index (κ1) is 20.6. The highest BCUT2D eigenvalue weighted by atomic mass is 19.1. The van der Waals surface area contributed by atoms with Crippen molar-refractivity contribution in [3.05, 3.63) is 83.3 Å². The standard InChI is InChI=1S/C24H16F3N5O/c1-11-7-13(10-20(27)30-11)14-8-15(24(28)33)22-19(9-14)32(12(2)31-22)18-5-6-29-23-17(26)4-3-16(25)21(18)23/h3-10H,1-2H3,(H2,28,33). The van der Waals surface area contributed by atoms with Crippen molar-refractivity contribution >= 4 is 27.8 Å². The first-order valence-corrected chi connectivity index (χ1v) is 9.95. The molecule has 6 nitrogen and oxygen atoms in total. The van der Waals surface area contributed by atoms with Gasteiger partial charge in [0.05, 0.1) is 22.2 Å². The Labute approximate surface area is 185 Å². The Morgan fingerprint density at radius 3 is 2.36 bits per heavy atom. The van der Waals surface area contributed by atoms with E-state index in [2.05, 4.69) is 15.0 Å². The number of halogens is 3. The molecular formula is C24H16F3N5O. The van der Waals surface area contributed by atoms with Gasteiger partial charge in [0.1, 0.15) is 28.5 Å². The molecule has 0 saturated carbocycles. The fraction of sp³-hybridized carbons (Fsp3) is 0.0833. The van der Waals surface area contributed by atoms with Crippen LogP contribution in [0.25, 0.3) is 38.8 Å². The maximum Gasteiger partial charge on any atom is 0.250 e. The molecule has 0 aliphatic rings. The number of primary amides is 1. The first-order valence-electron chi connectivity index (χ1n) is 9.95. The lowest BCUT2D eigenvalue weighted by molar-refractivity contribution is 0.100. The summed E-state index contributed by atoms with van der Waals surface area (Å²) in [6.07, 6.45) is 1.37. The lowest BCUT2D eigenvalue weighted by Gasteiger charge is -2.13. The van der Waals surface area contributed by atoms with Crippen LogP contribution in [0, 0.1) is 31.4 Å². The van der Waals surface area contributed by atoms with Gasteiger partial charge in [-0.25, -0.2) is 18.7 Å². The molecule has 0 unspecified atom stereocenters. The molecule has 164 valence electrons. The van der Waals surface area contributed by atoms with Gasteiger partial charge < -0.3 is 5.73 Å². The highest BCUT2D eigenvalue weighted by Crippen LogP contribution is 2.33. The average molecular weight is 447 g/mol. The molecule has 0 fully saturated rings. The number of imidazole rings is 1. The fourth-order valence-electron chi connectivity index (χ4n) is 4.11. The minimum absolute atomic E-state index is 0.0308. The maximum absolute atomic E-state index is 14.8. The molecule has 5 rings (SSSR count). The van der Waals surface area contributed by atoms with Crippen LogP contribution < -0.4 is 5.73 Å². The van der Waals surface area contributed by atoms with Gasteiger partial charge in [-0.1, -0.05) is 0 Å². The zero-order valence-electron chi connectivity index (χ0n) is 17.5. The van der Waals surface area contributed by atoms with Gasteiger partial charge in [0, 0.05) is 18.0 Å². The number of carbonyl (C=O) groups excluding carboxylic acids is 1. The topological polar surface area (TPSA) is 86.7 Å². The van der Waals surface area contributed by atoms with Crippen LogP contribution in [0.1, 0.15) is 21.9 Å². The van der Waals surface area contributed by atoms with Crippen molar-refractivity contribution in [3.8, 4) is 16.8 Å². The number of nitrogens with zero attached hydrogens (tertiary/aromatic N) is 4. The van der Waals surface area contributed by atoms with Gasteiger partial charge >= 0.3 is 0 Å². The number of fused-ring (bicyclic) bond motifs is 2. The van der Waals surface area contributed by atoms with E-state index in [1.807, 2.05) is 0 Å². The quantitative estimate of drug-likeness (QED) is 0.404. The third kappa shape index (κ3) is 3.29. The van der Waals surface area contributed by atoms with Crippen LogP contribution in [-0.4, -0.2) is 25.4 Å². The van der Waals surface area contributed by atoms with E-state index in [1.54, 1.807) is 30.5 Å². The van der Waals surface area contributed by atoms with Crippen molar-refractivity contribution in [3.63, 3.8) is 0 Å². The molecule has 3 aromatic heterocycles. The Hall–Kier alpha value is -4.27. The molecule has 0 spiro atoms. The van der Waals surface area contributed by atoms with Gasteiger partial charge in [-0.05, 0) is 61.4 Å². The molecule has 1 amide bonds. The van der Waals surface area contributed by atoms with Crippen molar-refractivity contribution in [2.75, 3.05) is 0 Å². The molecule has 0 radical (unpaired) electrons. The number of amides is 1. The summed E-state index contributed by atoms with van der Waals surface area (Å²) in [6, 6.07) is 9.70. The number of benzene rings is 2. The third-order valence-electron chi connectivity index (χ3n) is 5.46. The Bertz CT molecular complexity index is 1590. The summed E-state index contributed by atoms with van der Waals surface area (Å²) in [5, 5.41) is -0.0308.